The van der Waals surface area contributed by atoms with Crippen LogP contribution in [-0.4, -0.2) is 43.6 Å². The summed E-state index contributed by atoms with van der Waals surface area (Å²) in [6.45, 7) is 1.33. The maximum Gasteiger partial charge on any atom is 0.425 e. The Kier molecular flexibility index (Phi) is 7.60. The van der Waals surface area contributed by atoms with Crippen molar-refractivity contribution in [2.75, 3.05) is 10.2 Å². The first-order valence-corrected chi connectivity index (χ1v) is 13.5. The fourth-order valence-corrected chi connectivity index (χ4v) is 4.78. The predicted octanol–water partition coefficient (Wildman–Crippen LogP) is 5.85. The van der Waals surface area contributed by atoms with Crippen molar-refractivity contribution in [1.29, 1.82) is 0 Å². The molecule has 0 aliphatic heterocycles. The van der Waals surface area contributed by atoms with Crippen LogP contribution in [0.2, 0.25) is 0 Å². The zero-order valence-corrected chi connectivity index (χ0v) is 23.0. The highest BCUT2D eigenvalue weighted by atomic mass is 16.6. The summed E-state index contributed by atoms with van der Waals surface area (Å²) in [5.41, 5.74) is 2.19. The Morgan fingerprint density at radius 1 is 0.860 bits per heavy atom. The van der Waals surface area contributed by atoms with E-state index in [0.29, 0.717) is 29.0 Å². The first-order chi connectivity index (χ1) is 21.0. The highest BCUT2D eigenvalue weighted by molar-refractivity contribution is 5.98. The van der Waals surface area contributed by atoms with Crippen molar-refractivity contribution in [3.8, 4) is 5.88 Å². The minimum Gasteiger partial charge on any atom is -0.454 e. The Labute approximate surface area is 246 Å². The van der Waals surface area contributed by atoms with Crippen LogP contribution < -0.4 is 15.0 Å². The van der Waals surface area contributed by atoms with E-state index >= 15 is 0 Å². The minimum atomic E-state index is -0.727. The summed E-state index contributed by atoms with van der Waals surface area (Å²) in [6, 6.07) is 26.6. The zero-order valence-electron chi connectivity index (χ0n) is 23.0. The molecule has 1 aliphatic rings. The van der Waals surface area contributed by atoms with Gasteiger partial charge in [-0.25, -0.2) is 19.5 Å². The number of amides is 2. The van der Waals surface area contributed by atoms with Crippen LogP contribution >= 0.6 is 0 Å². The molecule has 0 saturated heterocycles. The fourth-order valence-electron chi connectivity index (χ4n) is 4.78. The van der Waals surface area contributed by atoms with Crippen LogP contribution in [0.3, 0.4) is 0 Å². The maximum atomic E-state index is 13.7. The van der Waals surface area contributed by atoms with E-state index in [1.807, 2.05) is 54.6 Å². The largest absolute Gasteiger partial charge is 0.454 e. The second-order valence-electron chi connectivity index (χ2n) is 9.73. The molecule has 0 spiro atoms. The molecule has 0 fully saturated rings. The molecule has 0 bridgehead atoms. The van der Waals surface area contributed by atoms with Crippen LogP contribution in [0.4, 0.5) is 22.1 Å². The number of allylic oxidation sites excluding steroid dienone is 1. The van der Waals surface area contributed by atoms with Gasteiger partial charge >= 0.3 is 12.1 Å². The van der Waals surface area contributed by atoms with E-state index in [-0.39, 0.29) is 23.4 Å². The Morgan fingerprint density at radius 3 is 2.12 bits per heavy atom. The molecule has 11 heteroatoms. The Morgan fingerprint density at radius 2 is 1.49 bits per heavy atom. The SMILES string of the molecule is CC(=O)Nc1nc(OC(=O)N(c2ccccc2)c2ccccc2)c2ncn([C@H]3C=C[C@@H](OC(=O)c4ccccc4)C3)c2n1. The van der Waals surface area contributed by atoms with Crippen molar-refractivity contribution in [1.82, 2.24) is 19.5 Å². The van der Waals surface area contributed by atoms with E-state index in [1.165, 1.54) is 11.8 Å². The van der Waals surface area contributed by atoms with Gasteiger partial charge in [0.25, 0.3) is 5.88 Å². The van der Waals surface area contributed by atoms with E-state index in [0.717, 1.165) is 0 Å². The number of hydrogen-bond acceptors (Lipinski definition) is 8. The summed E-state index contributed by atoms with van der Waals surface area (Å²) in [4.78, 5) is 52.8. The van der Waals surface area contributed by atoms with Crippen molar-refractivity contribution < 1.29 is 23.9 Å². The summed E-state index contributed by atoms with van der Waals surface area (Å²) in [6.07, 6.45) is 4.50. The van der Waals surface area contributed by atoms with Crippen molar-refractivity contribution >= 4 is 46.5 Å². The van der Waals surface area contributed by atoms with Gasteiger partial charge in [0.05, 0.1) is 29.3 Å². The van der Waals surface area contributed by atoms with Gasteiger partial charge in [0, 0.05) is 13.3 Å². The topological polar surface area (TPSA) is 129 Å². The number of benzene rings is 3. The Balaban J connectivity index is 1.30. The molecule has 2 atom stereocenters. The van der Waals surface area contributed by atoms with E-state index < -0.39 is 24.1 Å². The molecule has 3 aromatic carbocycles. The molecule has 5 aromatic rings. The highest BCUT2D eigenvalue weighted by Crippen LogP contribution is 2.33. The summed E-state index contributed by atoms with van der Waals surface area (Å²) in [5.74, 6) is -0.989. The molecule has 2 amide bonds. The lowest BCUT2D eigenvalue weighted by Crippen LogP contribution is -2.29. The molecule has 1 aliphatic carbocycles. The maximum absolute atomic E-state index is 13.7. The van der Waals surface area contributed by atoms with Gasteiger partial charge in [0.1, 0.15) is 6.10 Å². The quantitative estimate of drug-likeness (QED) is 0.189. The summed E-state index contributed by atoms with van der Waals surface area (Å²) >= 11 is 0. The lowest BCUT2D eigenvalue weighted by atomic mass is 10.2. The molecular weight excluding hydrogens is 548 g/mol. The molecule has 1 N–H and O–H groups in total. The molecular formula is C32H26N6O5. The molecule has 2 heterocycles. The van der Waals surface area contributed by atoms with Crippen LogP contribution in [0.25, 0.3) is 11.2 Å². The average Bonchev–Trinajstić information content (AvgIpc) is 3.65. The molecule has 11 nitrogen and oxygen atoms in total. The second-order valence-corrected chi connectivity index (χ2v) is 9.73. The van der Waals surface area contributed by atoms with Crippen molar-refractivity contribution in [2.45, 2.75) is 25.5 Å². The van der Waals surface area contributed by atoms with Crippen molar-refractivity contribution in [3.63, 3.8) is 0 Å². The van der Waals surface area contributed by atoms with Crippen molar-refractivity contribution in [3.05, 3.63) is 115 Å². The second kappa shape index (κ2) is 12.0. The number of para-hydroxylation sites is 2. The van der Waals surface area contributed by atoms with E-state index in [4.69, 9.17) is 9.47 Å². The Bertz CT molecular complexity index is 1770. The van der Waals surface area contributed by atoms with Crippen molar-refractivity contribution in [2.24, 2.45) is 0 Å². The first kappa shape index (κ1) is 27.3. The minimum absolute atomic E-state index is 0.0513. The molecule has 43 heavy (non-hydrogen) atoms. The predicted molar refractivity (Wildman–Crippen MR) is 159 cm³/mol. The molecule has 6 rings (SSSR count). The van der Waals surface area contributed by atoms with Gasteiger partial charge in [-0.1, -0.05) is 60.7 Å². The van der Waals surface area contributed by atoms with Gasteiger partial charge in [-0.2, -0.15) is 9.97 Å². The number of carbonyl (C=O) groups is 3. The Hall–Kier alpha value is -5.84. The molecule has 2 aromatic heterocycles. The molecule has 0 radical (unpaired) electrons. The average molecular weight is 575 g/mol. The number of hydrogen-bond donors (Lipinski definition) is 1. The number of anilines is 3. The third-order valence-electron chi connectivity index (χ3n) is 6.72. The van der Waals surface area contributed by atoms with Crippen LogP contribution in [0.1, 0.15) is 29.7 Å². The zero-order chi connectivity index (χ0) is 29.8. The number of rotatable bonds is 7. The van der Waals surface area contributed by atoms with Crippen LogP contribution in [-0.2, 0) is 9.53 Å². The number of fused-ring (bicyclic) bond motifs is 1. The lowest BCUT2D eigenvalue weighted by molar-refractivity contribution is -0.114. The fraction of sp³-hybridized carbons (Fsp3) is 0.125. The van der Waals surface area contributed by atoms with E-state index in [2.05, 4.69) is 20.3 Å². The van der Waals surface area contributed by atoms with Crippen LogP contribution in [0, 0.1) is 0 Å². The lowest BCUT2D eigenvalue weighted by Gasteiger charge is -2.22. The number of ether oxygens (including phenoxy) is 2. The third-order valence-corrected chi connectivity index (χ3v) is 6.72. The first-order valence-electron chi connectivity index (χ1n) is 13.5. The number of nitrogens with one attached hydrogen (secondary N) is 1. The van der Waals surface area contributed by atoms with E-state index in [9.17, 15) is 14.4 Å². The van der Waals surface area contributed by atoms with Crippen LogP contribution in [0.15, 0.2) is 109 Å². The monoisotopic (exact) mass is 574 g/mol. The number of esters is 1. The molecule has 214 valence electrons. The smallest absolute Gasteiger partial charge is 0.425 e. The van der Waals surface area contributed by atoms with Gasteiger partial charge < -0.3 is 14.0 Å². The normalized spacial score (nSPS) is 15.7. The number of carbonyl (C=O) groups excluding carboxylic acids is 3. The van der Waals surface area contributed by atoms with Gasteiger partial charge in [0.15, 0.2) is 11.2 Å². The van der Waals surface area contributed by atoms with Gasteiger partial charge in [-0.15, -0.1) is 0 Å². The highest BCUT2D eigenvalue weighted by Gasteiger charge is 2.28. The summed E-state index contributed by atoms with van der Waals surface area (Å²) in [7, 11) is 0. The number of aromatic nitrogens is 4. The number of nitrogens with zero attached hydrogens (tertiary/aromatic N) is 5. The van der Waals surface area contributed by atoms with E-state index in [1.54, 1.807) is 59.4 Å². The number of imidazole rings is 1. The molecule has 0 unspecified atom stereocenters. The summed E-state index contributed by atoms with van der Waals surface area (Å²) < 4.78 is 13.3. The summed E-state index contributed by atoms with van der Waals surface area (Å²) in [5, 5.41) is 2.57. The standard InChI is InChI=1S/C32H26N6O5/c1-21(39)34-31-35-28-27(33-20-37(28)25-17-18-26(19-25)42-30(40)22-11-5-2-6-12-22)29(36-31)43-32(41)38(23-13-7-3-8-14-23)24-15-9-4-10-16-24/h2-18,20,25-26H,19H2,1H3,(H,34,35,36,39)/t25-,26+/m0/s1. The van der Waals surface area contributed by atoms with Gasteiger partial charge in [-0.3, -0.25) is 10.1 Å². The van der Waals surface area contributed by atoms with Gasteiger partial charge in [-0.05, 0) is 42.5 Å². The van der Waals surface area contributed by atoms with Crippen LogP contribution in [0.5, 0.6) is 5.88 Å². The third kappa shape index (κ3) is 5.96. The van der Waals surface area contributed by atoms with Gasteiger partial charge in [0.2, 0.25) is 11.9 Å². The molecule has 0 saturated carbocycles.